The molecule has 1 N–H and O–H groups in total. The van der Waals surface area contributed by atoms with Crippen molar-refractivity contribution in [3.8, 4) is 11.5 Å². The van der Waals surface area contributed by atoms with E-state index < -0.39 is 10.7 Å². The summed E-state index contributed by atoms with van der Waals surface area (Å²) in [6.07, 6.45) is 0.402. The van der Waals surface area contributed by atoms with Crippen LogP contribution < -0.4 is 9.47 Å². The molecule has 2 aliphatic heterocycles. The van der Waals surface area contributed by atoms with Crippen molar-refractivity contribution < 1.29 is 24.2 Å². The maximum atomic E-state index is 11.2. The SMILES string of the molecule is C[C@H]1Cc2cc3c(cc2C(O)(c2ccc([N+](=O)[O-])cc2)O1)OCO3. The predicted molar refractivity (Wildman–Crippen MR) is 82.9 cm³/mol. The fourth-order valence-corrected chi connectivity index (χ4v) is 3.21. The molecule has 2 aromatic rings. The summed E-state index contributed by atoms with van der Waals surface area (Å²) >= 11 is 0. The van der Waals surface area contributed by atoms with E-state index in [4.69, 9.17) is 14.2 Å². The molecule has 2 aliphatic rings. The van der Waals surface area contributed by atoms with Gasteiger partial charge in [-0.05, 0) is 43.2 Å². The third kappa shape index (κ3) is 2.21. The highest BCUT2D eigenvalue weighted by atomic mass is 16.7. The van der Waals surface area contributed by atoms with E-state index in [-0.39, 0.29) is 18.6 Å². The Balaban J connectivity index is 1.84. The van der Waals surface area contributed by atoms with Crippen molar-refractivity contribution >= 4 is 5.69 Å². The van der Waals surface area contributed by atoms with Gasteiger partial charge in [-0.2, -0.15) is 0 Å². The number of ether oxygens (including phenoxy) is 3. The van der Waals surface area contributed by atoms with Crippen LogP contribution in [0.2, 0.25) is 0 Å². The standard InChI is InChI=1S/C17H15NO6/c1-10-6-11-7-15-16(23-9-22-15)8-14(11)17(19,24-10)12-2-4-13(5-3-12)18(20)21/h2-5,7-8,10,19H,6,9H2,1H3/t10-,17?/m0/s1. The zero-order valence-electron chi connectivity index (χ0n) is 12.9. The quantitative estimate of drug-likeness (QED) is 0.672. The largest absolute Gasteiger partial charge is 0.454 e. The average Bonchev–Trinajstić information content (AvgIpc) is 3.00. The lowest BCUT2D eigenvalue weighted by Gasteiger charge is -2.38. The Morgan fingerprint density at radius 1 is 1.21 bits per heavy atom. The number of non-ortho nitro benzene ring substituents is 1. The second-order valence-electron chi connectivity index (χ2n) is 5.94. The van der Waals surface area contributed by atoms with Crippen molar-refractivity contribution in [1.82, 2.24) is 0 Å². The molecule has 0 saturated carbocycles. The first kappa shape index (κ1) is 14.9. The molecule has 1 unspecified atom stereocenters. The van der Waals surface area contributed by atoms with Gasteiger partial charge in [0, 0.05) is 23.3 Å². The third-order valence-electron chi connectivity index (χ3n) is 4.31. The Bertz CT molecular complexity index is 819. The zero-order valence-corrected chi connectivity index (χ0v) is 12.9. The number of benzene rings is 2. The minimum atomic E-state index is -1.69. The summed E-state index contributed by atoms with van der Waals surface area (Å²) in [6, 6.07) is 9.28. The monoisotopic (exact) mass is 329 g/mol. The summed E-state index contributed by atoms with van der Waals surface area (Å²) in [5, 5.41) is 22.1. The molecule has 24 heavy (non-hydrogen) atoms. The summed E-state index contributed by atoms with van der Waals surface area (Å²) in [6.45, 7) is 2.01. The highest BCUT2D eigenvalue weighted by molar-refractivity contribution is 5.53. The Hall–Kier alpha value is -2.64. The van der Waals surface area contributed by atoms with E-state index in [0.717, 1.165) is 5.56 Å². The van der Waals surface area contributed by atoms with E-state index in [0.29, 0.717) is 29.0 Å². The molecule has 0 amide bonds. The van der Waals surface area contributed by atoms with E-state index in [1.165, 1.54) is 24.3 Å². The van der Waals surface area contributed by atoms with Gasteiger partial charge < -0.3 is 19.3 Å². The van der Waals surface area contributed by atoms with Crippen molar-refractivity contribution in [1.29, 1.82) is 0 Å². The van der Waals surface area contributed by atoms with E-state index in [1.54, 1.807) is 6.07 Å². The number of nitro benzene ring substituents is 1. The van der Waals surface area contributed by atoms with Crippen molar-refractivity contribution in [3.63, 3.8) is 0 Å². The zero-order chi connectivity index (χ0) is 16.9. The molecule has 0 saturated heterocycles. The van der Waals surface area contributed by atoms with Crippen LogP contribution in [0.3, 0.4) is 0 Å². The first-order chi connectivity index (χ1) is 11.5. The molecule has 0 aromatic heterocycles. The predicted octanol–water partition coefficient (Wildman–Crippen LogP) is 2.48. The van der Waals surface area contributed by atoms with Crippen LogP contribution in [0.1, 0.15) is 23.6 Å². The van der Waals surface area contributed by atoms with Gasteiger partial charge in [-0.1, -0.05) is 0 Å². The van der Waals surface area contributed by atoms with E-state index in [2.05, 4.69) is 0 Å². The molecule has 0 fully saturated rings. The average molecular weight is 329 g/mol. The lowest BCUT2D eigenvalue weighted by Crippen LogP contribution is -2.40. The molecular weight excluding hydrogens is 314 g/mol. The van der Waals surface area contributed by atoms with Crippen LogP contribution in [0.5, 0.6) is 11.5 Å². The van der Waals surface area contributed by atoms with Crippen LogP contribution >= 0.6 is 0 Å². The summed E-state index contributed by atoms with van der Waals surface area (Å²) in [4.78, 5) is 10.3. The summed E-state index contributed by atoms with van der Waals surface area (Å²) in [5.74, 6) is -0.496. The number of fused-ring (bicyclic) bond motifs is 2. The Morgan fingerprint density at radius 2 is 1.88 bits per heavy atom. The summed E-state index contributed by atoms with van der Waals surface area (Å²) in [7, 11) is 0. The van der Waals surface area contributed by atoms with E-state index >= 15 is 0 Å². The normalized spacial score (nSPS) is 24.5. The van der Waals surface area contributed by atoms with Gasteiger partial charge >= 0.3 is 0 Å². The number of hydrogen-bond acceptors (Lipinski definition) is 6. The second kappa shape index (κ2) is 5.19. The Labute approximate surface area is 137 Å². The van der Waals surface area contributed by atoms with E-state index in [9.17, 15) is 15.2 Å². The number of hydrogen-bond donors (Lipinski definition) is 1. The molecule has 7 heteroatoms. The summed E-state index contributed by atoms with van der Waals surface area (Å²) in [5.41, 5.74) is 1.86. The molecule has 7 nitrogen and oxygen atoms in total. The minimum Gasteiger partial charge on any atom is -0.454 e. The number of nitrogens with zero attached hydrogens (tertiary/aromatic N) is 1. The summed E-state index contributed by atoms with van der Waals surface area (Å²) < 4.78 is 16.6. The molecule has 0 spiro atoms. The van der Waals surface area contributed by atoms with Gasteiger partial charge in [0.1, 0.15) is 0 Å². The first-order valence-electron chi connectivity index (χ1n) is 7.55. The molecule has 2 heterocycles. The fraction of sp³-hybridized carbons (Fsp3) is 0.294. The number of rotatable bonds is 2. The molecule has 2 atom stereocenters. The number of aliphatic hydroxyl groups is 1. The third-order valence-corrected chi connectivity index (χ3v) is 4.31. The molecular formula is C17H15NO6. The topological polar surface area (TPSA) is 91.1 Å². The second-order valence-corrected chi connectivity index (χ2v) is 5.94. The molecule has 0 aliphatic carbocycles. The lowest BCUT2D eigenvalue weighted by atomic mass is 9.87. The molecule has 4 rings (SSSR count). The Morgan fingerprint density at radius 3 is 2.54 bits per heavy atom. The van der Waals surface area contributed by atoms with Crippen LogP contribution in [0, 0.1) is 10.1 Å². The van der Waals surface area contributed by atoms with Gasteiger partial charge in [-0.25, -0.2) is 0 Å². The number of nitro groups is 1. The maximum absolute atomic E-state index is 11.2. The van der Waals surface area contributed by atoms with Gasteiger partial charge in [0.25, 0.3) is 5.69 Å². The van der Waals surface area contributed by atoms with Crippen molar-refractivity contribution in [2.45, 2.75) is 25.2 Å². The van der Waals surface area contributed by atoms with Crippen molar-refractivity contribution in [2.24, 2.45) is 0 Å². The molecule has 2 aromatic carbocycles. The van der Waals surface area contributed by atoms with Gasteiger partial charge in [0.15, 0.2) is 11.5 Å². The van der Waals surface area contributed by atoms with Gasteiger partial charge in [0.05, 0.1) is 11.0 Å². The van der Waals surface area contributed by atoms with Crippen molar-refractivity contribution in [3.05, 3.63) is 63.2 Å². The van der Waals surface area contributed by atoms with Gasteiger partial charge in [-0.3, -0.25) is 10.1 Å². The maximum Gasteiger partial charge on any atom is 0.269 e. The molecule has 124 valence electrons. The highest BCUT2D eigenvalue weighted by Gasteiger charge is 2.42. The van der Waals surface area contributed by atoms with Crippen LogP contribution in [-0.4, -0.2) is 22.9 Å². The minimum absolute atomic E-state index is 0.0443. The Kier molecular flexibility index (Phi) is 3.22. The fourth-order valence-electron chi connectivity index (χ4n) is 3.21. The molecule has 0 bridgehead atoms. The van der Waals surface area contributed by atoms with E-state index in [1.807, 2.05) is 13.0 Å². The van der Waals surface area contributed by atoms with Crippen LogP contribution in [0.4, 0.5) is 5.69 Å². The van der Waals surface area contributed by atoms with Crippen LogP contribution in [-0.2, 0) is 16.9 Å². The first-order valence-corrected chi connectivity index (χ1v) is 7.55. The van der Waals surface area contributed by atoms with Crippen LogP contribution in [0.15, 0.2) is 36.4 Å². The van der Waals surface area contributed by atoms with Gasteiger partial charge in [0.2, 0.25) is 12.6 Å². The lowest BCUT2D eigenvalue weighted by molar-refractivity contribution is -0.384. The van der Waals surface area contributed by atoms with Gasteiger partial charge in [-0.15, -0.1) is 0 Å². The van der Waals surface area contributed by atoms with Crippen LogP contribution in [0.25, 0.3) is 0 Å². The smallest absolute Gasteiger partial charge is 0.269 e. The highest BCUT2D eigenvalue weighted by Crippen LogP contribution is 2.45. The van der Waals surface area contributed by atoms with Crippen molar-refractivity contribution in [2.75, 3.05) is 6.79 Å². The molecule has 0 radical (unpaired) electrons.